The third kappa shape index (κ3) is 4.49. The molecule has 1 rings (SSSR count). The van der Waals surface area contributed by atoms with Crippen LogP contribution in [0, 0.1) is 11.3 Å². The van der Waals surface area contributed by atoms with E-state index in [0.29, 0.717) is 11.5 Å². The maximum absolute atomic E-state index is 11.1. The number of hydroxylamine groups is 1. The molecular weight excluding hydrogens is 200 g/mol. The van der Waals surface area contributed by atoms with Gasteiger partial charge in [0.05, 0.1) is 23.7 Å². The van der Waals surface area contributed by atoms with Crippen molar-refractivity contribution in [2.75, 3.05) is 11.5 Å². The van der Waals surface area contributed by atoms with E-state index in [0.717, 1.165) is 12.8 Å². The lowest BCUT2D eigenvalue weighted by Crippen LogP contribution is -2.29. The highest BCUT2D eigenvalue weighted by atomic mass is 32.2. The lowest BCUT2D eigenvalue weighted by Gasteiger charge is -2.10. The zero-order chi connectivity index (χ0) is 10.2. The van der Waals surface area contributed by atoms with E-state index in [1.54, 1.807) is 0 Å². The smallest absolute Gasteiger partial charge is 0.253 e. The van der Waals surface area contributed by atoms with Gasteiger partial charge in [-0.3, -0.25) is 9.63 Å². The summed E-state index contributed by atoms with van der Waals surface area (Å²) in [5.74, 6) is 0.481. The van der Waals surface area contributed by atoms with Gasteiger partial charge >= 0.3 is 0 Å². The molecule has 0 aromatic carbocycles. The van der Waals surface area contributed by atoms with Crippen molar-refractivity contribution < 1.29 is 9.63 Å². The second-order valence-corrected chi connectivity index (χ2v) is 4.19. The van der Waals surface area contributed by atoms with Crippen LogP contribution in [0.25, 0.3) is 0 Å². The molecule has 0 atom stereocenters. The minimum Gasteiger partial charge on any atom is -0.272 e. The SMILES string of the molecule is N#CCSCC(=O)NOC1CCCC1. The Morgan fingerprint density at radius 3 is 2.93 bits per heavy atom. The summed E-state index contributed by atoms with van der Waals surface area (Å²) in [6.45, 7) is 0. The minimum atomic E-state index is -0.155. The predicted octanol–water partition coefficient (Wildman–Crippen LogP) is 1.23. The molecule has 1 N–H and O–H groups in total. The summed E-state index contributed by atoms with van der Waals surface area (Å²) in [5, 5.41) is 8.25. The summed E-state index contributed by atoms with van der Waals surface area (Å²) in [6, 6.07) is 1.96. The largest absolute Gasteiger partial charge is 0.272 e. The first-order valence-electron chi connectivity index (χ1n) is 4.72. The fourth-order valence-electron chi connectivity index (χ4n) is 1.37. The van der Waals surface area contributed by atoms with Crippen LogP contribution in [0.15, 0.2) is 0 Å². The Balaban J connectivity index is 2.00. The van der Waals surface area contributed by atoms with Crippen LogP contribution in [0.3, 0.4) is 0 Å². The molecule has 5 heteroatoms. The first kappa shape index (κ1) is 11.3. The maximum Gasteiger partial charge on any atom is 0.253 e. The van der Waals surface area contributed by atoms with E-state index < -0.39 is 0 Å². The second kappa shape index (κ2) is 6.68. The van der Waals surface area contributed by atoms with Crippen molar-refractivity contribution in [3.05, 3.63) is 0 Å². The third-order valence-corrected chi connectivity index (χ3v) is 2.84. The van der Waals surface area contributed by atoms with E-state index in [4.69, 9.17) is 10.1 Å². The molecule has 4 nitrogen and oxygen atoms in total. The van der Waals surface area contributed by atoms with E-state index in [1.807, 2.05) is 6.07 Å². The van der Waals surface area contributed by atoms with E-state index in [2.05, 4.69) is 5.48 Å². The zero-order valence-corrected chi connectivity index (χ0v) is 8.81. The molecule has 0 bridgehead atoms. The van der Waals surface area contributed by atoms with Crippen molar-refractivity contribution in [2.45, 2.75) is 31.8 Å². The molecular formula is C9H14N2O2S. The molecule has 1 saturated carbocycles. The predicted molar refractivity (Wildman–Crippen MR) is 54.4 cm³/mol. The van der Waals surface area contributed by atoms with Gasteiger partial charge in [-0.2, -0.15) is 5.26 Å². The number of carbonyl (C=O) groups is 1. The van der Waals surface area contributed by atoms with Gasteiger partial charge in [0.2, 0.25) is 0 Å². The topological polar surface area (TPSA) is 62.1 Å². The highest BCUT2D eigenvalue weighted by Crippen LogP contribution is 2.19. The fraction of sp³-hybridized carbons (Fsp3) is 0.778. The maximum atomic E-state index is 11.1. The fourth-order valence-corrected chi connectivity index (χ4v) is 1.81. The normalized spacial score (nSPS) is 16.5. The molecule has 0 aliphatic heterocycles. The Bertz CT molecular complexity index is 221. The van der Waals surface area contributed by atoms with Crippen molar-refractivity contribution in [2.24, 2.45) is 0 Å². The van der Waals surface area contributed by atoms with Crippen LogP contribution in [-0.2, 0) is 9.63 Å². The number of hydrogen-bond acceptors (Lipinski definition) is 4. The van der Waals surface area contributed by atoms with E-state index in [-0.39, 0.29) is 12.0 Å². The lowest BCUT2D eigenvalue weighted by atomic mass is 10.3. The van der Waals surface area contributed by atoms with E-state index >= 15 is 0 Å². The number of amides is 1. The molecule has 1 aliphatic rings. The van der Waals surface area contributed by atoms with Gasteiger partial charge in [-0.15, -0.1) is 11.8 Å². The number of nitrogens with one attached hydrogen (secondary N) is 1. The Hall–Kier alpha value is -0.730. The van der Waals surface area contributed by atoms with E-state index in [1.165, 1.54) is 24.6 Å². The summed E-state index contributed by atoms with van der Waals surface area (Å²) in [5.41, 5.74) is 2.41. The first-order valence-corrected chi connectivity index (χ1v) is 5.87. The van der Waals surface area contributed by atoms with Gasteiger partial charge in [0.15, 0.2) is 0 Å². The van der Waals surface area contributed by atoms with Crippen molar-refractivity contribution >= 4 is 17.7 Å². The molecule has 1 aliphatic carbocycles. The van der Waals surface area contributed by atoms with Crippen LogP contribution in [0.1, 0.15) is 25.7 Å². The molecule has 0 saturated heterocycles. The Morgan fingerprint density at radius 1 is 1.57 bits per heavy atom. The molecule has 14 heavy (non-hydrogen) atoms. The first-order chi connectivity index (χ1) is 6.83. The van der Waals surface area contributed by atoms with Crippen LogP contribution < -0.4 is 5.48 Å². The number of carbonyl (C=O) groups excluding carboxylic acids is 1. The van der Waals surface area contributed by atoms with Crippen LogP contribution in [0.2, 0.25) is 0 Å². The summed E-state index contributed by atoms with van der Waals surface area (Å²) >= 11 is 1.29. The van der Waals surface area contributed by atoms with Crippen LogP contribution in [-0.4, -0.2) is 23.5 Å². The van der Waals surface area contributed by atoms with E-state index in [9.17, 15) is 4.79 Å². The molecule has 0 heterocycles. The second-order valence-electron chi connectivity index (χ2n) is 3.20. The number of nitriles is 1. The van der Waals surface area contributed by atoms with Crippen molar-refractivity contribution in [1.29, 1.82) is 5.26 Å². The van der Waals surface area contributed by atoms with Crippen molar-refractivity contribution in [3.63, 3.8) is 0 Å². The van der Waals surface area contributed by atoms with Gasteiger partial charge in [-0.25, -0.2) is 5.48 Å². The third-order valence-electron chi connectivity index (χ3n) is 2.04. The number of rotatable bonds is 5. The van der Waals surface area contributed by atoms with Crippen molar-refractivity contribution in [3.8, 4) is 6.07 Å². The van der Waals surface area contributed by atoms with Gasteiger partial charge in [0.1, 0.15) is 0 Å². The van der Waals surface area contributed by atoms with Gasteiger partial charge in [0, 0.05) is 0 Å². The van der Waals surface area contributed by atoms with Gasteiger partial charge in [0.25, 0.3) is 5.91 Å². The minimum absolute atomic E-state index is 0.155. The Kier molecular flexibility index (Phi) is 5.42. The molecule has 0 spiro atoms. The Labute approximate surface area is 87.9 Å². The monoisotopic (exact) mass is 214 g/mol. The molecule has 0 aromatic rings. The average molecular weight is 214 g/mol. The van der Waals surface area contributed by atoms with Gasteiger partial charge < -0.3 is 0 Å². The summed E-state index contributed by atoms with van der Waals surface area (Å²) in [4.78, 5) is 16.3. The van der Waals surface area contributed by atoms with Crippen LogP contribution >= 0.6 is 11.8 Å². The number of nitrogens with zero attached hydrogens (tertiary/aromatic N) is 1. The molecule has 78 valence electrons. The van der Waals surface area contributed by atoms with Crippen molar-refractivity contribution in [1.82, 2.24) is 5.48 Å². The highest BCUT2D eigenvalue weighted by Gasteiger charge is 2.16. The van der Waals surface area contributed by atoms with Crippen LogP contribution in [0.5, 0.6) is 0 Å². The quantitative estimate of drug-likeness (QED) is 0.552. The van der Waals surface area contributed by atoms with Gasteiger partial charge in [-0.1, -0.05) is 12.8 Å². The standard InChI is InChI=1S/C9H14N2O2S/c10-5-6-14-7-9(12)11-13-8-3-1-2-4-8/h8H,1-4,6-7H2,(H,11,12). The molecule has 0 unspecified atom stereocenters. The van der Waals surface area contributed by atoms with Gasteiger partial charge in [-0.05, 0) is 12.8 Å². The highest BCUT2D eigenvalue weighted by molar-refractivity contribution is 8.00. The Morgan fingerprint density at radius 2 is 2.29 bits per heavy atom. The van der Waals surface area contributed by atoms with Crippen LogP contribution in [0.4, 0.5) is 0 Å². The summed E-state index contributed by atoms with van der Waals surface area (Å²) < 4.78 is 0. The molecule has 0 radical (unpaired) electrons. The average Bonchev–Trinajstić information content (AvgIpc) is 2.68. The summed E-state index contributed by atoms with van der Waals surface area (Å²) in [7, 11) is 0. The molecule has 1 amide bonds. The number of thioether (sulfide) groups is 1. The summed E-state index contributed by atoms with van der Waals surface area (Å²) in [6.07, 6.45) is 4.63. The molecule has 1 fully saturated rings. The lowest BCUT2D eigenvalue weighted by molar-refractivity contribution is -0.135. The molecule has 0 aromatic heterocycles. The zero-order valence-electron chi connectivity index (χ0n) is 7.99. The number of hydrogen-bond donors (Lipinski definition) is 1.